The lowest BCUT2D eigenvalue weighted by atomic mass is 10.0. The normalized spacial score (nSPS) is 10.7. The molecule has 0 aliphatic rings. The van der Waals surface area contributed by atoms with Gasteiger partial charge < -0.3 is 19.3 Å². The Morgan fingerprint density at radius 1 is 0.500 bits per heavy atom. The third-order valence-corrected chi connectivity index (χ3v) is 11.6. The number of esters is 2. The van der Waals surface area contributed by atoms with Crippen LogP contribution in [-0.2, 0) is 31.9 Å². The van der Waals surface area contributed by atoms with Crippen molar-refractivity contribution in [2.24, 2.45) is 0 Å². The van der Waals surface area contributed by atoms with Crippen LogP contribution in [0.1, 0.15) is 81.8 Å². The van der Waals surface area contributed by atoms with Gasteiger partial charge in [0, 0.05) is 46.6 Å². The van der Waals surface area contributed by atoms with Crippen LogP contribution >= 0.6 is 0 Å². The molecule has 0 atom stereocenters. The van der Waals surface area contributed by atoms with Crippen molar-refractivity contribution in [3.63, 3.8) is 0 Å². The number of rotatable bonds is 16. The number of carbonyl (C=O) groups is 2. The van der Waals surface area contributed by atoms with Gasteiger partial charge in [0.2, 0.25) is 0 Å². The molecule has 6 aromatic rings. The smallest absolute Gasteiger partial charge is 0.330 e. The van der Waals surface area contributed by atoms with Gasteiger partial charge in [-0.25, -0.2) is 4.79 Å². The zero-order valence-corrected chi connectivity index (χ0v) is 38.3. The molecule has 0 radical (unpaired) electrons. The summed E-state index contributed by atoms with van der Waals surface area (Å²) in [6.45, 7) is 23.3. The van der Waals surface area contributed by atoms with Gasteiger partial charge >= 0.3 is 11.9 Å². The molecule has 0 saturated carbocycles. The maximum atomic E-state index is 11.5. The van der Waals surface area contributed by atoms with E-state index >= 15 is 0 Å². The zero-order chi connectivity index (χ0) is 44.8. The first-order valence-electron chi connectivity index (χ1n) is 21.8. The Kier molecular flexibility index (Phi) is 16.9. The summed E-state index contributed by atoms with van der Waals surface area (Å²) in [6, 6.07) is 43.6. The first kappa shape index (κ1) is 46.7. The molecule has 0 aliphatic heterocycles. The number of hydrogen-bond donors (Lipinski definition) is 0. The average Bonchev–Trinajstić information content (AvgIpc) is 3.27. The van der Waals surface area contributed by atoms with E-state index in [1.165, 1.54) is 61.7 Å². The van der Waals surface area contributed by atoms with Crippen LogP contribution in [0.25, 0.3) is 0 Å². The van der Waals surface area contributed by atoms with Crippen LogP contribution in [0, 0.1) is 55.4 Å². The summed E-state index contributed by atoms with van der Waals surface area (Å²) in [5, 5.41) is 0. The first-order valence-corrected chi connectivity index (χ1v) is 21.8. The molecule has 0 N–H and O–H groups in total. The molecule has 0 bridgehead atoms. The van der Waals surface area contributed by atoms with E-state index in [2.05, 4.69) is 193 Å². The summed E-state index contributed by atoms with van der Waals surface area (Å²) in [7, 11) is 0. The van der Waals surface area contributed by atoms with Crippen LogP contribution < -0.4 is 9.80 Å². The fourth-order valence-electron chi connectivity index (χ4n) is 7.14. The van der Waals surface area contributed by atoms with Gasteiger partial charge in [0.1, 0.15) is 0 Å². The largest absolute Gasteiger partial charge is 0.466 e. The molecule has 6 aromatic carbocycles. The number of benzene rings is 6. The van der Waals surface area contributed by atoms with Crippen LogP contribution in [-0.4, -0.2) is 25.2 Å². The second kappa shape index (κ2) is 22.4. The van der Waals surface area contributed by atoms with Crippen LogP contribution in [0.3, 0.4) is 0 Å². The summed E-state index contributed by atoms with van der Waals surface area (Å²) in [5.74, 6) is -0.507. The van der Waals surface area contributed by atoms with Gasteiger partial charge in [-0.15, -0.1) is 0 Å². The van der Waals surface area contributed by atoms with Crippen molar-refractivity contribution in [1.29, 1.82) is 0 Å². The van der Waals surface area contributed by atoms with E-state index in [9.17, 15) is 9.59 Å². The molecular formula is C56H64N2O4. The summed E-state index contributed by atoms with van der Waals surface area (Å²) >= 11 is 0. The molecule has 0 amide bonds. The quantitative estimate of drug-likeness (QED) is 0.0550. The average molecular weight is 829 g/mol. The van der Waals surface area contributed by atoms with Crippen molar-refractivity contribution >= 4 is 46.1 Å². The standard InChI is InChI=1S/C28H31NO2.C28H33NO2/c1-6-28(30)31-17-7-8-24-11-15-25(16-12-24)29(26-13-9-20(2)22(4)18-26)27-14-10-21(3)23(5)19-27;1-6-28(30)31-17-9-11-24-10-7-8-12-27(24)29(25-15-13-20(2)22(4)18-25)26-16-14-21(3)23(5)19-26/h6,9-16,18-19H,1,7-8,17H2,2-5H3;7-8,10,12-16,18-19H,6,9,11,17H2,1-5H3. The minimum absolute atomic E-state index is 0.139. The Labute approximate surface area is 370 Å². The minimum atomic E-state index is -0.368. The van der Waals surface area contributed by atoms with Gasteiger partial charge in [-0.05, 0) is 203 Å². The van der Waals surface area contributed by atoms with Gasteiger partial charge in [0.25, 0.3) is 0 Å². The topological polar surface area (TPSA) is 59.1 Å². The molecule has 0 spiro atoms. The summed E-state index contributed by atoms with van der Waals surface area (Å²) in [5.41, 5.74) is 19.6. The summed E-state index contributed by atoms with van der Waals surface area (Å²) in [6.07, 6.45) is 4.91. The lowest BCUT2D eigenvalue weighted by Crippen LogP contribution is -2.13. The molecule has 6 heteroatoms. The van der Waals surface area contributed by atoms with Crippen molar-refractivity contribution in [3.8, 4) is 0 Å². The second-order valence-corrected chi connectivity index (χ2v) is 16.2. The maximum Gasteiger partial charge on any atom is 0.330 e. The maximum absolute atomic E-state index is 11.5. The lowest BCUT2D eigenvalue weighted by Gasteiger charge is -2.29. The number of hydrogen-bond acceptors (Lipinski definition) is 6. The van der Waals surface area contributed by atoms with Crippen molar-refractivity contribution in [1.82, 2.24) is 0 Å². The molecule has 6 nitrogen and oxygen atoms in total. The molecule has 0 fully saturated rings. The van der Waals surface area contributed by atoms with Crippen LogP contribution in [0.15, 0.2) is 134 Å². The predicted molar refractivity (Wildman–Crippen MR) is 259 cm³/mol. The van der Waals surface area contributed by atoms with Crippen LogP contribution in [0.2, 0.25) is 0 Å². The Morgan fingerprint density at radius 2 is 0.919 bits per heavy atom. The van der Waals surface area contributed by atoms with E-state index in [1.807, 2.05) is 6.92 Å². The molecule has 62 heavy (non-hydrogen) atoms. The number of anilines is 6. The van der Waals surface area contributed by atoms with Crippen molar-refractivity contribution in [2.45, 2.75) is 94.4 Å². The number of carbonyl (C=O) groups excluding carboxylic acids is 2. The number of nitrogens with zero attached hydrogens (tertiary/aromatic N) is 2. The fourth-order valence-corrected chi connectivity index (χ4v) is 7.14. The third-order valence-electron chi connectivity index (χ3n) is 11.6. The van der Waals surface area contributed by atoms with Gasteiger partial charge in [0.15, 0.2) is 0 Å². The molecule has 0 saturated heterocycles. The highest BCUT2D eigenvalue weighted by atomic mass is 16.5. The van der Waals surface area contributed by atoms with E-state index < -0.39 is 0 Å². The van der Waals surface area contributed by atoms with Crippen molar-refractivity contribution in [3.05, 3.63) is 190 Å². The number of para-hydroxylation sites is 1. The number of aryl methyl sites for hydroxylation is 10. The zero-order valence-electron chi connectivity index (χ0n) is 38.3. The van der Waals surface area contributed by atoms with E-state index in [4.69, 9.17) is 9.47 Å². The highest BCUT2D eigenvalue weighted by Gasteiger charge is 2.18. The van der Waals surface area contributed by atoms with Crippen molar-refractivity contribution < 1.29 is 19.1 Å². The second-order valence-electron chi connectivity index (χ2n) is 16.2. The lowest BCUT2D eigenvalue weighted by molar-refractivity contribution is -0.143. The summed E-state index contributed by atoms with van der Waals surface area (Å²) < 4.78 is 10.4. The molecule has 6 rings (SSSR count). The monoisotopic (exact) mass is 828 g/mol. The fraction of sp³-hybridized carbons (Fsp3) is 0.286. The molecule has 0 aromatic heterocycles. The molecular weight excluding hydrogens is 765 g/mol. The van der Waals surface area contributed by atoms with Crippen LogP contribution in [0.5, 0.6) is 0 Å². The number of ether oxygens (including phenoxy) is 2. The van der Waals surface area contributed by atoms with E-state index in [-0.39, 0.29) is 11.9 Å². The van der Waals surface area contributed by atoms with Gasteiger partial charge in [-0.1, -0.05) is 68.1 Å². The first-order chi connectivity index (χ1) is 29.8. The van der Waals surface area contributed by atoms with Gasteiger partial charge in [-0.2, -0.15) is 0 Å². The highest BCUT2D eigenvalue weighted by Crippen LogP contribution is 2.39. The molecule has 0 unspecified atom stereocenters. The minimum Gasteiger partial charge on any atom is -0.466 e. The predicted octanol–water partition coefficient (Wildman–Crippen LogP) is 14.3. The Bertz CT molecular complexity index is 2360. The summed E-state index contributed by atoms with van der Waals surface area (Å²) in [4.78, 5) is 27.3. The van der Waals surface area contributed by atoms with E-state index in [0.717, 1.165) is 59.8 Å². The van der Waals surface area contributed by atoms with Gasteiger partial charge in [-0.3, -0.25) is 4.79 Å². The third kappa shape index (κ3) is 12.6. The Morgan fingerprint density at radius 3 is 1.37 bits per heavy atom. The van der Waals surface area contributed by atoms with Crippen LogP contribution in [0.4, 0.5) is 34.1 Å². The van der Waals surface area contributed by atoms with E-state index in [0.29, 0.717) is 19.6 Å². The Balaban J connectivity index is 0.000000234. The molecule has 0 aliphatic carbocycles. The molecule has 322 valence electrons. The highest BCUT2D eigenvalue weighted by molar-refractivity contribution is 5.81. The van der Waals surface area contributed by atoms with Gasteiger partial charge in [0.05, 0.1) is 13.2 Å². The Hall–Kier alpha value is -6.40. The van der Waals surface area contributed by atoms with Crippen molar-refractivity contribution in [2.75, 3.05) is 23.0 Å². The molecule has 0 heterocycles. The van der Waals surface area contributed by atoms with E-state index in [1.54, 1.807) is 0 Å². The SMILES string of the molecule is C=CC(=O)OCCCc1ccc(N(c2ccc(C)c(C)c2)c2ccc(C)c(C)c2)cc1.CCC(=O)OCCCc1ccccc1N(c1ccc(C)c(C)c1)c1ccc(C)c(C)c1.